The van der Waals surface area contributed by atoms with Crippen molar-refractivity contribution in [1.29, 1.82) is 0 Å². The Hall–Kier alpha value is -4.34. The number of phenolic OH excluding ortho intramolecular Hbond substituents is 2. The van der Waals surface area contributed by atoms with E-state index in [2.05, 4.69) is 142 Å². The number of hydrogen-bond acceptors (Lipinski definition) is 5. The second kappa shape index (κ2) is 19.9. The summed E-state index contributed by atoms with van der Waals surface area (Å²) in [6.07, 6.45) is -13.1. The largest absolute Gasteiger partial charge is 0.795 e. The number of hydrogen-bond donors (Lipinski definition) is 2. The van der Waals surface area contributed by atoms with Crippen LogP contribution in [-0.2, 0) is 38.4 Å². The maximum Gasteiger partial charge on any atom is 0.436 e. The van der Waals surface area contributed by atoms with Gasteiger partial charge in [-0.05, 0) is 58.1 Å². The van der Waals surface area contributed by atoms with Gasteiger partial charge in [0.2, 0.25) is 6.11 Å². The van der Waals surface area contributed by atoms with E-state index >= 15 is 0 Å². The SMILES string of the molecule is CC(C)(C)c1cc(C=NC2CCCCC2N=Cc2cc(C(C)(C)C)cc(C(C)(C)c3ccccc3)c2O)c(O)c(C(C)(C)c2ccccc2)c1.[Co].[O-]C(F)(F)C(F)(C(F)(F)F)C(F)(F)F. The second-order valence-electron chi connectivity index (χ2n) is 19.6. The standard InChI is InChI=1S/C46H58N2O2.C4F9O.Co/c1-43(2,3)35-25-31(41(49)37(27-35)45(7,8)33-19-13-11-14-20-33)29-47-39-23-17-18-24-40(39)48-30-32-26-36(44(4,5)6)28-38(42(32)50)46(9,10)34-21-15-12-16-22-34;5-1(2(6,7)8,3(9,10)11)4(12,13)14;/h11-16,19-22,25-30,39-40,49-50H,17-18,23-24H2,1-10H3;;/q;-1;. The molecule has 359 valence electrons. The number of rotatable bonds is 9. The molecule has 1 saturated carbocycles. The second-order valence-corrected chi connectivity index (χ2v) is 19.6. The van der Waals surface area contributed by atoms with E-state index in [1.165, 1.54) is 0 Å². The van der Waals surface area contributed by atoms with Crippen LogP contribution >= 0.6 is 0 Å². The summed E-state index contributed by atoms with van der Waals surface area (Å²) in [6.45, 7) is 22.0. The molecular formula is C50H58CoF9N2O3-. The minimum absolute atomic E-state index is 0. The molecule has 2 N–H and O–H groups in total. The van der Waals surface area contributed by atoms with Crippen LogP contribution in [0.2, 0.25) is 0 Å². The number of aromatic hydroxyl groups is 2. The van der Waals surface area contributed by atoms with Crippen molar-refractivity contribution in [2.45, 2.75) is 153 Å². The van der Waals surface area contributed by atoms with Crippen LogP contribution in [0.4, 0.5) is 39.5 Å². The average molecular weight is 965 g/mol. The fourth-order valence-electron chi connectivity index (χ4n) is 7.63. The van der Waals surface area contributed by atoms with E-state index in [9.17, 15) is 54.8 Å². The van der Waals surface area contributed by atoms with Crippen molar-refractivity contribution in [2.75, 3.05) is 0 Å². The van der Waals surface area contributed by atoms with Crippen molar-refractivity contribution < 1.29 is 71.6 Å². The molecule has 2 atom stereocenters. The maximum atomic E-state index is 12.0. The van der Waals surface area contributed by atoms with Crippen LogP contribution in [-0.4, -0.2) is 58.9 Å². The van der Waals surface area contributed by atoms with Gasteiger partial charge >= 0.3 is 18.0 Å². The fraction of sp³-hybridized carbons (Fsp3) is 0.480. The zero-order chi connectivity index (χ0) is 48.5. The number of nitrogens with zero attached hydrogens (tertiary/aromatic N) is 2. The van der Waals surface area contributed by atoms with Crippen molar-refractivity contribution in [3.05, 3.63) is 129 Å². The van der Waals surface area contributed by atoms with E-state index in [-0.39, 0.29) is 51.2 Å². The summed E-state index contributed by atoms with van der Waals surface area (Å²) in [6, 6.07) is 29.3. The summed E-state index contributed by atoms with van der Waals surface area (Å²) in [5.41, 5.74) is -0.156. The number of halogens is 9. The van der Waals surface area contributed by atoms with Crippen LogP contribution in [0.25, 0.3) is 0 Å². The number of aliphatic imine (C=N–C) groups is 2. The molecule has 0 heterocycles. The summed E-state index contributed by atoms with van der Waals surface area (Å²) in [5, 5.41) is 32.8. The topological polar surface area (TPSA) is 88.2 Å². The Balaban J connectivity index is 0.000000646. The molecule has 15 heteroatoms. The molecule has 4 aromatic carbocycles. The molecule has 5 rings (SSSR count). The van der Waals surface area contributed by atoms with Crippen LogP contribution in [0.5, 0.6) is 11.5 Å². The van der Waals surface area contributed by atoms with Gasteiger partial charge in [0.05, 0.1) is 12.1 Å². The zero-order valence-electron chi connectivity index (χ0n) is 38.2. The van der Waals surface area contributed by atoms with Gasteiger partial charge in [0, 0.05) is 62.3 Å². The molecule has 0 aromatic heterocycles. The van der Waals surface area contributed by atoms with Crippen LogP contribution in [0, 0.1) is 0 Å². The summed E-state index contributed by atoms with van der Waals surface area (Å²) in [5.74, 6) is 0.563. The van der Waals surface area contributed by atoms with Gasteiger partial charge in [0.15, 0.2) is 0 Å². The summed E-state index contributed by atoms with van der Waals surface area (Å²) in [7, 11) is 0. The van der Waals surface area contributed by atoms with E-state index < -0.39 is 35.0 Å². The molecule has 1 radical (unpaired) electrons. The third-order valence-electron chi connectivity index (χ3n) is 12.0. The molecule has 0 aliphatic heterocycles. The van der Waals surface area contributed by atoms with Crippen LogP contribution in [0.3, 0.4) is 0 Å². The van der Waals surface area contributed by atoms with Gasteiger partial charge in [0.25, 0.3) is 0 Å². The van der Waals surface area contributed by atoms with Crippen LogP contribution < -0.4 is 5.11 Å². The summed E-state index contributed by atoms with van der Waals surface area (Å²) in [4.78, 5) is 10.3. The maximum absolute atomic E-state index is 12.0. The van der Waals surface area contributed by atoms with Crippen molar-refractivity contribution in [1.82, 2.24) is 0 Å². The summed E-state index contributed by atoms with van der Waals surface area (Å²) < 4.78 is 103. The minimum Gasteiger partial charge on any atom is -0.795 e. The fourth-order valence-corrected chi connectivity index (χ4v) is 7.63. The smallest absolute Gasteiger partial charge is 0.436 e. The third-order valence-corrected chi connectivity index (χ3v) is 12.0. The normalized spacial score (nSPS) is 17.2. The predicted molar refractivity (Wildman–Crippen MR) is 233 cm³/mol. The number of phenols is 2. The van der Waals surface area contributed by atoms with E-state index in [4.69, 9.17) is 9.98 Å². The number of alkyl halides is 9. The van der Waals surface area contributed by atoms with Gasteiger partial charge < -0.3 is 15.3 Å². The van der Waals surface area contributed by atoms with Crippen molar-refractivity contribution in [3.63, 3.8) is 0 Å². The molecule has 2 unspecified atom stereocenters. The molecule has 0 bridgehead atoms. The first-order valence-electron chi connectivity index (χ1n) is 21.0. The van der Waals surface area contributed by atoms with Gasteiger partial charge in [-0.15, -0.1) is 0 Å². The third kappa shape index (κ3) is 12.2. The van der Waals surface area contributed by atoms with Gasteiger partial charge in [-0.25, -0.2) is 13.2 Å². The van der Waals surface area contributed by atoms with Crippen molar-refractivity contribution in [3.8, 4) is 11.5 Å². The van der Waals surface area contributed by atoms with Gasteiger partial charge in [-0.1, -0.05) is 155 Å². The molecule has 0 amide bonds. The Bertz CT molecular complexity index is 2100. The Morgan fingerprint density at radius 2 is 0.815 bits per heavy atom. The Labute approximate surface area is 386 Å². The van der Waals surface area contributed by atoms with Crippen LogP contribution in [0.15, 0.2) is 94.9 Å². The van der Waals surface area contributed by atoms with E-state index in [0.29, 0.717) is 0 Å². The molecule has 1 aliphatic rings. The predicted octanol–water partition coefficient (Wildman–Crippen LogP) is 13.0. The number of benzene rings is 4. The quantitative estimate of drug-likeness (QED) is 0.129. The minimum atomic E-state index is -7.08. The van der Waals surface area contributed by atoms with E-state index in [0.717, 1.165) is 70.2 Å². The van der Waals surface area contributed by atoms with E-state index in [1.807, 2.05) is 24.6 Å². The Morgan fingerprint density at radius 1 is 0.508 bits per heavy atom. The monoisotopic (exact) mass is 964 g/mol. The van der Waals surface area contributed by atoms with E-state index in [1.54, 1.807) is 0 Å². The molecule has 65 heavy (non-hydrogen) atoms. The first-order chi connectivity index (χ1) is 29.2. The van der Waals surface area contributed by atoms with Gasteiger partial charge in [-0.2, -0.15) is 26.3 Å². The molecule has 1 aliphatic carbocycles. The van der Waals surface area contributed by atoms with Crippen molar-refractivity contribution in [2.24, 2.45) is 9.98 Å². The van der Waals surface area contributed by atoms with Gasteiger partial charge in [-0.3, -0.25) is 9.98 Å². The first kappa shape index (κ1) is 55.0. The molecule has 5 nitrogen and oxygen atoms in total. The Kier molecular flexibility index (Phi) is 16.8. The van der Waals surface area contributed by atoms with Gasteiger partial charge in [0.1, 0.15) is 11.5 Å². The zero-order valence-corrected chi connectivity index (χ0v) is 39.2. The molecule has 0 spiro atoms. The average Bonchev–Trinajstić information content (AvgIpc) is 3.18. The Morgan fingerprint density at radius 3 is 1.06 bits per heavy atom. The molecule has 0 saturated heterocycles. The first-order valence-corrected chi connectivity index (χ1v) is 21.0. The summed E-state index contributed by atoms with van der Waals surface area (Å²) >= 11 is 0. The molecular weight excluding hydrogens is 906 g/mol. The molecule has 4 aromatic rings. The van der Waals surface area contributed by atoms with Crippen molar-refractivity contribution >= 4 is 12.4 Å². The molecule has 1 fully saturated rings. The van der Waals surface area contributed by atoms with Crippen LogP contribution in [0.1, 0.15) is 139 Å².